The Morgan fingerprint density at radius 3 is 2.38 bits per heavy atom. The van der Waals surface area contributed by atoms with Crippen molar-refractivity contribution < 1.29 is 0 Å². The summed E-state index contributed by atoms with van der Waals surface area (Å²) < 4.78 is 2.42. The van der Waals surface area contributed by atoms with Gasteiger partial charge in [-0.3, -0.25) is 0 Å². The lowest BCUT2D eigenvalue weighted by Crippen LogP contribution is -2.54. The van der Waals surface area contributed by atoms with Gasteiger partial charge in [-0.1, -0.05) is 22.9 Å². The molecule has 1 aromatic heterocycles. The van der Waals surface area contributed by atoms with Gasteiger partial charge in [0.25, 0.3) is 0 Å². The molecule has 4 heteroatoms. The van der Waals surface area contributed by atoms with Gasteiger partial charge < -0.3 is 4.57 Å². The third kappa shape index (κ3) is 2.04. The molecule has 2 atom stereocenters. The summed E-state index contributed by atoms with van der Waals surface area (Å²) in [5, 5.41) is 10.0. The number of aromatic nitrogens is 3. The zero-order valence-electron chi connectivity index (χ0n) is 13.4. The number of hydrogen-bond acceptors (Lipinski definition) is 2. The van der Waals surface area contributed by atoms with Crippen molar-refractivity contribution in [1.29, 1.82) is 0 Å². The van der Waals surface area contributed by atoms with Crippen LogP contribution in [0.1, 0.15) is 77.0 Å². The first-order chi connectivity index (χ1) is 9.95. The van der Waals surface area contributed by atoms with Crippen LogP contribution < -0.4 is 0 Å². The van der Waals surface area contributed by atoms with Crippen LogP contribution in [0.25, 0.3) is 0 Å². The molecule has 4 aliphatic rings. The fraction of sp³-hybridized carbons (Fsp3) is 0.882. The maximum Gasteiger partial charge on any atom is 0.143 e. The summed E-state index contributed by atoms with van der Waals surface area (Å²) in [6.07, 6.45) is 8.41. The number of alkyl halides is 1. The van der Waals surface area contributed by atoms with Gasteiger partial charge in [0.1, 0.15) is 11.6 Å². The summed E-state index contributed by atoms with van der Waals surface area (Å²) in [6, 6.07) is 0.448. The second-order valence-corrected chi connectivity index (χ2v) is 9.15. The number of halogens is 1. The zero-order valence-corrected chi connectivity index (χ0v) is 15.0. The Morgan fingerprint density at radius 2 is 1.86 bits per heavy atom. The van der Waals surface area contributed by atoms with E-state index in [0.717, 1.165) is 23.0 Å². The van der Waals surface area contributed by atoms with Crippen molar-refractivity contribution in [2.45, 2.75) is 76.1 Å². The van der Waals surface area contributed by atoms with Crippen LogP contribution >= 0.6 is 15.9 Å². The third-order valence-corrected chi connectivity index (χ3v) is 6.73. The number of hydrogen-bond donors (Lipinski definition) is 0. The van der Waals surface area contributed by atoms with Gasteiger partial charge in [-0.05, 0) is 69.6 Å². The highest BCUT2D eigenvalue weighted by atomic mass is 79.9. The molecule has 116 valence electrons. The summed E-state index contributed by atoms with van der Waals surface area (Å²) in [7, 11) is 0. The molecule has 0 spiro atoms. The van der Waals surface area contributed by atoms with E-state index in [1.807, 2.05) is 0 Å². The lowest BCUT2D eigenvalue weighted by atomic mass is 9.44. The monoisotopic (exact) mass is 351 g/mol. The van der Waals surface area contributed by atoms with E-state index in [1.165, 1.54) is 44.3 Å². The Bertz CT molecular complexity index is 548. The molecule has 3 nitrogen and oxygen atoms in total. The highest BCUT2D eigenvalue weighted by Gasteiger charge is 2.58. The molecule has 0 radical (unpaired) electrons. The van der Waals surface area contributed by atoms with E-state index in [0.29, 0.717) is 16.9 Å². The van der Waals surface area contributed by atoms with Gasteiger partial charge in [0.15, 0.2) is 0 Å². The minimum Gasteiger partial charge on any atom is -0.311 e. The predicted molar refractivity (Wildman–Crippen MR) is 87.5 cm³/mol. The van der Waals surface area contributed by atoms with Crippen molar-refractivity contribution in [3.05, 3.63) is 11.6 Å². The Labute approximate surface area is 136 Å². The van der Waals surface area contributed by atoms with Crippen LogP contribution in [-0.2, 0) is 10.7 Å². The van der Waals surface area contributed by atoms with Crippen LogP contribution in [0.15, 0.2) is 0 Å². The van der Waals surface area contributed by atoms with Gasteiger partial charge in [-0.2, -0.15) is 0 Å². The molecule has 4 aliphatic carbocycles. The van der Waals surface area contributed by atoms with E-state index in [1.54, 1.807) is 0 Å². The van der Waals surface area contributed by atoms with Crippen LogP contribution in [0, 0.1) is 17.3 Å². The molecule has 1 aromatic rings. The number of rotatable bonds is 3. The van der Waals surface area contributed by atoms with E-state index in [-0.39, 0.29) is 0 Å². The first-order valence-corrected chi connectivity index (χ1v) is 9.57. The molecule has 0 amide bonds. The Morgan fingerprint density at radius 1 is 1.19 bits per heavy atom. The van der Waals surface area contributed by atoms with Gasteiger partial charge in [0.05, 0.1) is 5.33 Å². The van der Waals surface area contributed by atoms with Crippen molar-refractivity contribution in [3.8, 4) is 0 Å². The third-order valence-electron chi connectivity index (χ3n) is 6.23. The van der Waals surface area contributed by atoms with E-state index in [2.05, 4.69) is 46.4 Å². The van der Waals surface area contributed by atoms with Gasteiger partial charge >= 0.3 is 0 Å². The normalized spacial score (nSPS) is 41.2. The average molecular weight is 352 g/mol. The average Bonchev–Trinajstić information content (AvgIpc) is 2.80. The van der Waals surface area contributed by atoms with Gasteiger partial charge in [0.2, 0.25) is 0 Å². The fourth-order valence-electron chi connectivity index (χ4n) is 6.30. The summed E-state index contributed by atoms with van der Waals surface area (Å²) in [5.41, 5.74) is 0.878. The summed E-state index contributed by atoms with van der Waals surface area (Å²) >= 11 is 3.59. The van der Waals surface area contributed by atoms with Gasteiger partial charge in [-0.15, -0.1) is 10.2 Å². The van der Waals surface area contributed by atoms with Crippen molar-refractivity contribution in [1.82, 2.24) is 14.8 Å². The van der Waals surface area contributed by atoms with E-state index in [9.17, 15) is 0 Å². The molecule has 0 saturated heterocycles. The summed E-state index contributed by atoms with van der Waals surface area (Å²) in [5.74, 6) is 4.26. The molecule has 21 heavy (non-hydrogen) atoms. The maximum atomic E-state index is 4.71. The largest absolute Gasteiger partial charge is 0.311 e. The summed E-state index contributed by atoms with van der Waals surface area (Å²) in [4.78, 5) is 0. The minimum atomic E-state index is 0.316. The topological polar surface area (TPSA) is 30.7 Å². The molecule has 2 unspecified atom stereocenters. The van der Waals surface area contributed by atoms with E-state index < -0.39 is 0 Å². The predicted octanol–water partition coefficient (Wildman–Crippen LogP) is 4.61. The fourth-order valence-corrected chi connectivity index (χ4v) is 6.68. The number of nitrogens with zero attached hydrogens (tertiary/aromatic N) is 3. The molecule has 4 saturated carbocycles. The van der Waals surface area contributed by atoms with Crippen LogP contribution in [0.5, 0.6) is 0 Å². The second-order valence-electron chi connectivity index (χ2n) is 8.59. The Balaban J connectivity index is 1.81. The van der Waals surface area contributed by atoms with Crippen molar-refractivity contribution in [2.24, 2.45) is 17.3 Å². The highest BCUT2D eigenvalue weighted by Crippen LogP contribution is 2.65. The molecular weight excluding hydrogens is 326 g/mol. The Hall–Kier alpha value is -0.380. The molecule has 0 aromatic carbocycles. The molecule has 0 aliphatic heterocycles. The van der Waals surface area contributed by atoms with E-state index in [4.69, 9.17) is 5.10 Å². The molecule has 0 N–H and O–H groups in total. The van der Waals surface area contributed by atoms with Crippen LogP contribution in [-0.4, -0.2) is 14.8 Å². The van der Waals surface area contributed by atoms with Crippen LogP contribution in [0.3, 0.4) is 0 Å². The smallest absolute Gasteiger partial charge is 0.143 e. The maximum absolute atomic E-state index is 4.71. The first kappa shape index (κ1) is 14.2. The first-order valence-electron chi connectivity index (χ1n) is 8.45. The Kier molecular flexibility index (Phi) is 3.09. The molecule has 5 rings (SSSR count). The second kappa shape index (κ2) is 4.56. The molecule has 4 bridgehead atoms. The van der Waals surface area contributed by atoms with Crippen molar-refractivity contribution >= 4 is 15.9 Å². The minimum absolute atomic E-state index is 0.316. The van der Waals surface area contributed by atoms with Crippen molar-refractivity contribution in [3.63, 3.8) is 0 Å². The molecule has 1 heterocycles. The van der Waals surface area contributed by atoms with E-state index >= 15 is 0 Å². The molecular formula is C17H26BrN3. The van der Waals surface area contributed by atoms with Gasteiger partial charge in [0, 0.05) is 11.5 Å². The highest BCUT2D eigenvalue weighted by molar-refractivity contribution is 9.08. The van der Waals surface area contributed by atoms with Crippen LogP contribution in [0.2, 0.25) is 0 Å². The quantitative estimate of drug-likeness (QED) is 0.744. The molecule has 4 fully saturated rings. The lowest BCUT2D eigenvalue weighted by molar-refractivity contribution is -0.0664. The summed E-state index contributed by atoms with van der Waals surface area (Å²) in [6.45, 7) is 7.06. The standard InChI is InChI=1S/C17H26BrN3/c1-11(2)21-14(9-18)19-20-15(21)17-7-12-4-13(8-17)6-16(3,5-12)10-17/h11-13H,4-10H2,1-3H3. The van der Waals surface area contributed by atoms with Gasteiger partial charge in [-0.25, -0.2) is 0 Å². The lowest BCUT2D eigenvalue weighted by Gasteiger charge is -2.60. The van der Waals surface area contributed by atoms with Crippen LogP contribution in [0.4, 0.5) is 0 Å². The zero-order chi connectivity index (χ0) is 14.8. The SMILES string of the molecule is CC(C)n1c(CBr)nnc1C12CC3CC(CC(C)(C3)C1)C2. The van der Waals surface area contributed by atoms with Crippen molar-refractivity contribution in [2.75, 3.05) is 0 Å².